The Hall–Kier alpha value is -1.84. The standard InChI is InChI=1S/C19H22ClN3/c1-13-3-6-15(7-4-13)19-12-17(9-10-21)22-23(19)18-11-16(20)8-5-14(18)2/h3-8,11,19H,9-10,12,21H2,1-2H3. The van der Waals surface area contributed by atoms with Gasteiger partial charge in [0.2, 0.25) is 0 Å². The van der Waals surface area contributed by atoms with E-state index in [1.807, 2.05) is 18.2 Å². The molecule has 3 nitrogen and oxygen atoms in total. The molecule has 23 heavy (non-hydrogen) atoms. The first-order valence-corrected chi connectivity index (χ1v) is 8.34. The maximum absolute atomic E-state index is 6.21. The Morgan fingerprint density at radius 1 is 1.17 bits per heavy atom. The van der Waals surface area contributed by atoms with Crippen molar-refractivity contribution in [3.05, 3.63) is 64.2 Å². The van der Waals surface area contributed by atoms with Gasteiger partial charge in [0, 0.05) is 17.2 Å². The summed E-state index contributed by atoms with van der Waals surface area (Å²) in [5, 5.41) is 7.68. The predicted molar refractivity (Wildman–Crippen MR) is 98.3 cm³/mol. The lowest BCUT2D eigenvalue weighted by Crippen LogP contribution is -2.19. The van der Waals surface area contributed by atoms with E-state index in [9.17, 15) is 0 Å². The number of hydrogen-bond acceptors (Lipinski definition) is 3. The van der Waals surface area contributed by atoms with Crippen LogP contribution in [0.2, 0.25) is 5.02 Å². The van der Waals surface area contributed by atoms with Crippen molar-refractivity contribution in [3.8, 4) is 0 Å². The number of hydrogen-bond donors (Lipinski definition) is 1. The minimum Gasteiger partial charge on any atom is -0.330 e. The number of nitrogens with two attached hydrogens (primary N) is 1. The molecular weight excluding hydrogens is 306 g/mol. The lowest BCUT2D eigenvalue weighted by Gasteiger charge is -2.26. The summed E-state index contributed by atoms with van der Waals surface area (Å²) in [7, 11) is 0. The van der Waals surface area contributed by atoms with E-state index >= 15 is 0 Å². The summed E-state index contributed by atoms with van der Waals surface area (Å²) < 4.78 is 0. The van der Waals surface area contributed by atoms with Crippen molar-refractivity contribution in [3.63, 3.8) is 0 Å². The molecule has 120 valence electrons. The molecule has 2 aromatic rings. The Labute approximate surface area is 142 Å². The number of nitrogens with zero attached hydrogens (tertiary/aromatic N) is 2. The Morgan fingerprint density at radius 3 is 2.61 bits per heavy atom. The Morgan fingerprint density at radius 2 is 1.91 bits per heavy atom. The van der Waals surface area contributed by atoms with Crippen LogP contribution in [0, 0.1) is 13.8 Å². The molecule has 4 heteroatoms. The van der Waals surface area contributed by atoms with Gasteiger partial charge in [-0.2, -0.15) is 5.10 Å². The number of aryl methyl sites for hydroxylation is 2. The second-order valence-electron chi connectivity index (χ2n) is 6.11. The molecule has 1 atom stereocenters. The van der Waals surface area contributed by atoms with Crippen LogP contribution >= 0.6 is 11.6 Å². The van der Waals surface area contributed by atoms with E-state index in [0.717, 1.165) is 29.3 Å². The summed E-state index contributed by atoms with van der Waals surface area (Å²) >= 11 is 6.21. The van der Waals surface area contributed by atoms with Gasteiger partial charge in [-0.05, 0) is 50.1 Å². The van der Waals surface area contributed by atoms with Gasteiger partial charge in [-0.3, -0.25) is 5.01 Å². The molecule has 2 N–H and O–H groups in total. The average Bonchev–Trinajstić information content (AvgIpc) is 2.94. The zero-order valence-corrected chi connectivity index (χ0v) is 14.3. The molecule has 3 rings (SSSR count). The van der Waals surface area contributed by atoms with Crippen LogP contribution in [0.3, 0.4) is 0 Å². The minimum atomic E-state index is 0.203. The highest BCUT2D eigenvalue weighted by Gasteiger charge is 2.29. The molecule has 0 spiro atoms. The fourth-order valence-electron chi connectivity index (χ4n) is 2.99. The van der Waals surface area contributed by atoms with Crippen LogP contribution in [0.4, 0.5) is 5.69 Å². The summed E-state index contributed by atoms with van der Waals surface area (Å²) in [4.78, 5) is 0. The SMILES string of the molecule is Cc1ccc(C2CC(CCN)=NN2c2cc(Cl)ccc2C)cc1. The number of rotatable bonds is 4. The van der Waals surface area contributed by atoms with Crippen LogP contribution in [0.25, 0.3) is 0 Å². The zero-order chi connectivity index (χ0) is 16.4. The summed E-state index contributed by atoms with van der Waals surface area (Å²) in [6.07, 6.45) is 1.74. The Kier molecular flexibility index (Phi) is 4.69. The van der Waals surface area contributed by atoms with Crippen molar-refractivity contribution < 1.29 is 0 Å². The summed E-state index contributed by atoms with van der Waals surface area (Å²) in [5.41, 5.74) is 11.6. The fourth-order valence-corrected chi connectivity index (χ4v) is 3.16. The van der Waals surface area contributed by atoms with E-state index < -0.39 is 0 Å². The molecule has 2 aromatic carbocycles. The lowest BCUT2D eigenvalue weighted by atomic mass is 9.99. The summed E-state index contributed by atoms with van der Waals surface area (Å²) in [5.74, 6) is 0. The summed E-state index contributed by atoms with van der Waals surface area (Å²) in [6, 6.07) is 14.8. The number of hydrazone groups is 1. The molecule has 0 fully saturated rings. The van der Waals surface area contributed by atoms with E-state index in [1.54, 1.807) is 0 Å². The molecular formula is C19H22ClN3. The molecule has 0 aliphatic carbocycles. The first-order valence-electron chi connectivity index (χ1n) is 7.97. The van der Waals surface area contributed by atoms with E-state index in [1.165, 1.54) is 16.7 Å². The van der Waals surface area contributed by atoms with E-state index in [2.05, 4.69) is 43.1 Å². The molecule has 0 bridgehead atoms. The molecule has 1 aliphatic rings. The largest absolute Gasteiger partial charge is 0.330 e. The van der Waals surface area contributed by atoms with Gasteiger partial charge in [-0.15, -0.1) is 0 Å². The van der Waals surface area contributed by atoms with Gasteiger partial charge in [0.25, 0.3) is 0 Å². The van der Waals surface area contributed by atoms with Gasteiger partial charge in [0.05, 0.1) is 11.7 Å². The summed E-state index contributed by atoms with van der Waals surface area (Å²) in [6.45, 7) is 4.82. The maximum atomic E-state index is 6.21. The van der Waals surface area contributed by atoms with Gasteiger partial charge in [-0.1, -0.05) is 47.5 Å². The second-order valence-corrected chi connectivity index (χ2v) is 6.55. The smallest absolute Gasteiger partial charge is 0.0828 e. The van der Waals surface area contributed by atoms with Crippen LogP contribution in [0.15, 0.2) is 47.6 Å². The average molecular weight is 328 g/mol. The molecule has 1 unspecified atom stereocenters. The maximum Gasteiger partial charge on any atom is 0.0828 e. The highest BCUT2D eigenvalue weighted by Crippen LogP contribution is 2.38. The van der Waals surface area contributed by atoms with Gasteiger partial charge < -0.3 is 5.73 Å². The molecule has 0 aromatic heterocycles. The fraction of sp³-hybridized carbons (Fsp3) is 0.316. The van der Waals surface area contributed by atoms with Crippen LogP contribution in [-0.4, -0.2) is 12.3 Å². The molecule has 0 radical (unpaired) electrons. The van der Waals surface area contributed by atoms with Crippen molar-refractivity contribution in [2.75, 3.05) is 11.6 Å². The van der Waals surface area contributed by atoms with E-state index in [-0.39, 0.29) is 6.04 Å². The quantitative estimate of drug-likeness (QED) is 0.890. The highest BCUT2D eigenvalue weighted by atomic mass is 35.5. The molecule has 1 heterocycles. The van der Waals surface area contributed by atoms with Crippen molar-refractivity contribution in [2.24, 2.45) is 10.8 Å². The van der Waals surface area contributed by atoms with Crippen LogP contribution < -0.4 is 10.7 Å². The van der Waals surface area contributed by atoms with Gasteiger partial charge in [0.15, 0.2) is 0 Å². The third kappa shape index (κ3) is 3.41. The van der Waals surface area contributed by atoms with Crippen molar-refractivity contribution in [1.82, 2.24) is 0 Å². The second kappa shape index (κ2) is 6.73. The molecule has 0 saturated heterocycles. The van der Waals surface area contributed by atoms with Crippen LogP contribution in [0.1, 0.15) is 35.6 Å². The number of anilines is 1. The van der Waals surface area contributed by atoms with Crippen molar-refractivity contribution >= 4 is 23.0 Å². The minimum absolute atomic E-state index is 0.203. The molecule has 0 amide bonds. The van der Waals surface area contributed by atoms with Crippen molar-refractivity contribution in [1.29, 1.82) is 0 Å². The number of halogens is 1. The molecule has 0 saturated carbocycles. The topological polar surface area (TPSA) is 41.6 Å². The monoisotopic (exact) mass is 327 g/mol. The number of benzene rings is 2. The first-order chi connectivity index (χ1) is 11.1. The third-order valence-corrected chi connectivity index (χ3v) is 4.52. The lowest BCUT2D eigenvalue weighted by molar-refractivity contribution is 0.705. The van der Waals surface area contributed by atoms with E-state index in [0.29, 0.717) is 6.54 Å². The zero-order valence-electron chi connectivity index (χ0n) is 13.6. The Bertz CT molecular complexity index is 722. The van der Waals surface area contributed by atoms with Crippen LogP contribution in [0.5, 0.6) is 0 Å². The highest BCUT2D eigenvalue weighted by molar-refractivity contribution is 6.30. The Balaban J connectivity index is 2.01. The van der Waals surface area contributed by atoms with E-state index in [4.69, 9.17) is 22.4 Å². The van der Waals surface area contributed by atoms with Gasteiger partial charge in [0.1, 0.15) is 0 Å². The van der Waals surface area contributed by atoms with Gasteiger partial charge >= 0.3 is 0 Å². The van der Waals surface area contributed by atoms with Crippen LogP contribution in [-0.2, 0) is 0 Å². The first kappa shape index (κ1) is 16.0. The van der Waals surface area contributed by atoms with Gasteiger partial charge in [-0.25, -0.2) is 0 Å². The molecule has 1 aliphatic heterocycles. The normalized spacial score (nSPS) is 17.5. The van der Waals surface area contributed by atoms with Crippen molar-refractivity contribution in [2.45, 2.75) is 32.7 Å². The predicted octanol–water partition coefficient (Wildman–Crippen LogP) is 4.61. The third-order valence-electron chi connectivity index (χ3n) is 4.29.